The lowest BCUT2D eigenvalue weighted by Crippen LogP contribution is -2.03. The van der Waals surface area contributed by atoms with Gasteiger partial charge in [-0.3, -0.25) is 0 Å². The SMILES string of the molecule is OC(Cc1ccccc1Br)c1ccc2c(c1)OCCCO2. The second kappa shape index (κ2) is 6.50. The van der Waals surface area contributed by atoms with Gasteiger partial charge in [-0.1, -0.05) is 40.2 Å². The van der Waals surface area contributed by atoms with Crippen molar-refractivity contribution in [2.75, 3.05) is 13.2 Å². The maximum absolute atomic E-state index is 10.5. The molecule has 0 spiro atoms. The summed E-state index contributed by atoms with van der Waals surface area (Å²) in [6.45, 7) is 1.32. The molecule has 0 fully saturated rings. The van der Waals surface area contributed by atoms with Crippen LogP contribution in [0.25, 0.3) is 0 Å². The van der Waals surface area contributed by atoms with E-state index in [1.807, 2.05) is 42.5 Å². The number of fused-ring (bicyclic) bond motifs is 1. The Morgan fingerprint density at radius 1 is 1.05 bits per heavy atom. The summed E-state index contributed by atoms with van der Waals surface area (Å²) in [7, 11) is 0. The predicted molar refractivity (Wildman–Crippen MR) is 84.9 cm³/mol. The third kappa shape index (κ3) is 3.39. The fourth-order valence-corrected chi connectivity index (χ4v) is 2.82. The number of hydrogen-bond acceptors (Lipinski definition) is 3. The van der Waals surface area contributed by atoms with E-state index in [9.17, 15) is 5.11 Å². The number of benzene rings is 2. The largest absolute Gasteiger partial charge is 0.490 e. The molecule has 1 unspecified atom stereocenters. The quantitative estimate of drug-likeness (QED) is 0.914. The van der Waals surface area contributed by atoms with Crippen LogP contribution in [0.2, 0.25) is 0 Å². The number of rotatable bonds is 3. The maximum atomic E-state index is 10.5. The molecule has 0 saturated carbocycles. The Kier molecular flexibility index (Phi) is 4.46. The lowest BCUT2D eigenvalue weighted by molar-refractivity contribution is 0.177. The van der Waals surface area contributed by atoms with E-state index in [0.29, 0.717) is 19.6 Å². The number of ether oxygens (including phenoxy) is 2. The molecule has 0 amide bonds. The smallest absolute Gasteiger partial charge is 0.161 e. The first-order valence-corrected chi connectivity index (χ1v) is 7.84. The van der Waals surface area contributed by atoms with Gasteiger partial charge in [-0.25, -0.2) is 0 Å². The Labute approximate surface area is 132 Å². The van der Waals surface area contributed by atoms with Crippen molar-refractivity contribution in [1.82, 2.24) is 0 Å². The fraction of sp³-hybridized carbons (Fsp3) is 0.294. The van der Waals surface area contributed by atoms with Crippen LogP contribution in [0, 0.1) is 0 Å². The van der Waals surface area contributed by atoms with Crippen LogP contribution in [0.15, 0.2) is 46.9 Å². The molecule has 0 radical (unpaired) electrons. The molecule has 1 aliphatic heterocycles. The lowest BCUT2D eigenvalue weighted by Gasteiger charge is -2.15. The van der Waals surface area contributed by atoms with E-state index >= 15 is 0 Å². The lowest BCUT2D eigenvalue weighted by atomic mass is 10.0. The Morgan fingerprint density at radius 3 is 2.62 bits per heavy atom. The summed E-state index contributed by atoms with van der Waals surface area (Å²) in [6, 6.07) is 13.6. The van der Waals surface area contributed by atoms with Crippen LogP contribution >= 0.6 is 15.9 Å². The summed E-state index contributed by atoms with van der Waals surface area (Å²) in [4.78, 5) is 0. The summed E-state index contributed by atoms with van der Waals surface area (Å²) in [5.41, 5.74) is 1.92. The van der Waals surface area contributed by atoms with E-state index in [1.165, 1.54) is 0 Å². The summed E-state index contributed by atoms with van der Waals surface area (Å²) in [5, 5.41) is 10.5. The van der Waals surface area contributed by atoms with Gasteiger partial charge in [-0.2, -0.15) is 0 Å². The number of aliphatic hydroxyl groups is 1. The molecule has 1 N–H and O–H groups in total. The van der Waals surface area contributed by atoms with Gasteiger partial charge in [0.05, 0.1) is 19.3 Å². The molecule has 1 aliphatic rings. The van der Waals surface area contributed by atoms with Crippen molar-refractivity contribution >= 4 is 15.9 Å². The summed E-state index contributed by atoms with van der Waals surface area (Å²) >= 11 is 3.51. The van der Waals surface area contributed by atoms with E-state index in [4.69, 9.17) is 9.47 Å². The highest BCUT2D eigenvalue weighted by Crippen LogP contribution is 2.33. The van der Waals surface area contributed by atoms with Gasteiger partial charge in [-0.15, -0.1) is 0 Å². The zero-order chi connectivity index (χ0) is 14.7. The van der Waals surface area contributed by atoms with Crippen molar-refractivity contribution in [2.45, 2.75) is 18.9 Å². The van der Waals surface area contributed by atoms with Gasteiger partial charge in [0, 0.05) is 17.3 Å². The van der Waals surface area contributed by atoms with Gasteiger partial charge in [0.15, 0.2) is 11.5 Å². The van der Waals surface area contributed by atoms with Gasteiger partial charge in [0.1, 0.15) is 0 Å². The summed E-state index contributed by atoms with van der Waals surface area (Å²) in [5.74, 6) is 1.47. The van der Waals surface area contributed by atoms with E-state index in [-0.39, 0.29) is 0 Å². The molecule has 21 heavy (non-hydrogen) atoms. The van der Waals surface area contributed by atoms with Gasteiger partial charge in [0.25, 0.3) is 0 Å². The van der Waals surface area contributed by atoms with Gasteiger partial charge >= 0.3 is 0 Å². The summed E-state index contributed by atoms with van der Waals surface area (Å²) in [6.07, 6.45) is 0.866. The summed E-state index contributed by atoms with van der Waals surface area (Å²) < 4.78 is 12.3. The van der Waals surface area contributed by atoms with Gasteiger partial charge in [-0.05, 0) is 29.3 Å². The third-order valence-corrected chi connectivity index (χ3v) is 4.30. The van der Waals surface area contributed by atoms with Crippen molar-refractivity contribution in [3.05, 3.63) is 58.1 Å². The Hall–Kier alpha value is -1.52. The average molecular weight is 349 g/mol. The molecule has 0 saturated heterocycles. The molecular weight excluding hydrogens is 332 g/mol. The number of aliphatic hydroxyl groups excluding tert-OH is 1. The molecule has 0 aromatic heterocycles. The Morgan fingerprint density at radius 2 is 1.81 bits per heavy atom. The van der Waals surface area contributed by atoms with Crippen molar-refractivity contribution in [1.29, 1.82) is 0 Å². The number of halogens is 1. The van der Waals surface area contributed by atoms with Crippen LogP contribution in [-0.4, -0.2) is 18.3 Å². The molecule has 1 heterocycles. The van der Waals surface area contributed by atoms with E-state index < -0.39 is 6.10 Å². The molecule has 0 aliphatic carbocycles. The van der Waals surface area contributed by atoms with Crippen LogP contribution in [-0.2, 0) is 6.42 Å². The third-order valence-electron chi connectivity index (χ3n) is 3.53. The molecular formula is C17H17BrO3. The fourth-order valence-electron chi connectivity index (χ4n) is 2.38. The minimum Gasteiger partial charge on any atom is -0.490 e. The topological polar surface area (TPSA) is 38.7 Å². The highest BCUT2D eigenvalue weighted by atomic mass is 79.9. The molecule has 3 nitrogen and oxygen atoms in total. The Balaban J connectivity index is 1.80. The molecule has 0 bridgehead atoms. The first-order valence-electron chi connectivity index (χ1n) is 7.05. The minimum absolute atomic E-state index is 0.557. The van der Waals surface area contributed by atoms with Crippen molar-refractivity contribution in [3.63, 3.8) is 0 Å². The van der Waals surface area contributed by atoms with Gasteiger partial charge < -0.3 is 14.6 Å². The minimum atomic E-state index is -0.569. The zero-order valence-corrected chi connectivity index (χ0v) is 13.2. The predicted octanol–water partition coefficient (Wildman–Crippen LogP) is 3.89. The molecule has 3 rings (SSSR count). The number of hydrogen-bond donors (Lipinski definition) is 1. The van der Waals surface area contributed by atoms with Crippen LogP contribution in [0.5, 0.6) is 11.5 Å². The van der Waals surface area contributed by atoms with Gasteiger partial charge in [0.2, 0.25) is 0 Å². The van der Waals surface area contributed by atoms with Crippen LogP contribution in [0.3, 0.4) is 0 Å². The van der Waals surface area contributed by atoms with Crippen LogP contribution < -0.4 is 9.47 Å². The first kappa shape index (κ1) is 14.4. The van der Waals surface area contributed by atoms with Crippen molar-refractivity contribution in [3.8, 4) is 11.5 Å². The highest BCUT2D eigenvalue weighted by Gasteiger charge is 2.15. The zero-order valence-electron chi connectivity index (χ0n) is 11.6. The first-order chi connectivity index (χ1) is 10.2. The second-order valence-electron chi connectivity index (χ2n) is 5.07. The van der Waals surface area contributed by atoms with E-state index in [0.717, 1.165) is 33.5 Å². The van der Waals surface area contributed by atoms with Crippen molar-refractivity contribution in [2.24, 2.45) is 0 Å². The normalized spacial score (nSPS) is 15.3. The Bertz CT molecular complexity index is 627. The monoisotopic (exact) mass is 348 g/mol. The molecule has 2 aromatic carbocycles. The van der Waals surface area contributed by atoms with E-state index in [2.05, 4.69) is 15.9 Å². The van der Waals surface area contributed by atoms with E-state index in [1.54, 1.807) is 0 Å². The standard InChI is InChI=1S/C17H17BrO3/c18-14-5-2-1-4-12(14)10-15(19)13-6-7-16-17(11-13)21-9-3-8-20-16/h1-2,4-7,11,15,19H,3,8-10H2. The maximum Gasteiger partial charge on any atom is 0.161 e. The highest BCUT2D eigenvalue weighted by molar-refractivity contribution is 9.10. The van der Waals surface area contributed by atoms with Crippen LogP contribution in [0.1, 0.15) is 23.7 Å². The molecule has 1 atom stereocenters. The molecule has 2 aromatic rings. The molecule has 110 valence electrons. The molecule has 4 heteroatoms. The second-order valence-corrected chi connectivity index (χ2v) is 5.92. The van der Waals surface area contributed by atoms with Crippen molar-refractivity contribution < 1.29 is 14.6 Å². The van der Waals surface area contributed by atoms with Crippen LogP contribution in [0.4, 0.5) is 0 Å². The average Bonchev–Trinajstić information content (AvgIpc) is 2.74.